The predicted octanol–water partition coefficient (Wildman–Crippen LogP) is 0.868. The number of likely N-dealkylation sites (tertiary alicyclic amines) is 1. The highest BCUT2D eigenvalue weighted by Gasteiger charge is 2.23. The van der Waals surface area contributed by atoms with E-state index in [0.717, 1.165) is 19.4 Å². The minimum Gasteiger partial charge on any atom is -0.469 e. The molecule has 16 heavy (non-hydrogen) atoms. The van der Waals surface area contributed by atoms with Crippen molar-refractivity contribution in [2.75, 3.05) is 27.2 Å². The molecule has 94 valence electrons. The molecule has 1 aliphatic heterocycles. The lowest BCUT2D eigenvalue weighted by molar-refractivity contribution is -0.144. The molecule has 1 N–H and O–H groups in total. The second-order valence-electron chi connectivity index (χ2n) is 4.88. The van der Waals surface area contributed by atoms with Gasteiger partial charge in [0, 0.05) is 18.6 Å². The lowest BCUT2D eigenvalue weighted by Gasteiger charge is -2.35. The van der Waals surface area contributed by atoms with Crippen molar-refractivity contribution in [1.82, 2.24) is 10.2 Å². The van der Waals surface area contributed by atoms with E-state index in [1.165, 1.54) is 7.11 Å². The standard InChI is InChI=1S/C12H24N2O2/c1-9(12(15)16-4)8-13-11-5-6-14(3)10(2)7-11/h9-11,13H,5-8H2,1-4H3. The molecule has 0 aromatic heterocycles. The Morgan fingerprint density at radius 1 is 1.62 bits per heavy atom. The third kappa shape index (κ3) is 3.76. The molecule has 0 aliphatic carbocycles. The molecule has 1 fully saturated rings. The van der Waals surface area contributed by atoms with Gasteiger partial charge in [-0.2, -0.15) is 0 Å². The van der Waals surface area contributed by atoms with Crippen molar-refractivity contribution < 1.29 is 9.53 Å². The Balaban J connectivity index is 2.25. The molecule has 0 aromatic carbocycles. The van der Waals surface area contributed by atoms with Gasteiger partial charge in [-0.1, -0.05) is 6.92 Å². The van der Waals surface area contributed by atoms with E-state index < -0.39 is 0 Å². The van der Waals surface area contributed by atoms with Gasteiger partial charge in [-0.05, 0) is 33.4 Å². The summed E-state index contributed by atoms with van der Waals surface area (Å²) in [5, 5.41) is 3.46. The van der Waals surface area contributed by atoms with Gasteiger partial charge in [0.15, 0.2) is 0 Å². The zero-order chi connectivity index (χ0) is 12.1. The molecular formula is C12H24N2O2. The zero-order valence-corrected chi connectivity index (χ0v) is 10.8. The van der Waals surface area contributed by atoms with Crippen LogP contribution in [-0.4, -0.2) is 50.2 Å². The van der Waals surface area contributed by atoms with Gasteiger partial charge in [0.2, 0.25) is 0 Å². The van der Waals surface area contributed by atoms with Crippen LogP contribution in [0.15, 0.2) is 0 Å². The molecule has 1 aliphatic rings. The van der Waals surface area contributed by atoms with Crippen molar-refractivity contribution >= 4 is 5.97 Å². The Morgan fingerprint density at radius 3 is 2.88 bits per heavy atom. The Labute approximate surface area is 98.3 Å². The van der Waals surface area contributed by atoms with Gasteiger partial charge in [-0.15, -0.1) is 0 Å². The Kier molecular flexibility index (Phi) is 5.22. The lowest BCUT2D eigenvalue weighted by Crippen LogP contribution is -2.47. The van der Waals surface area contributed by atoms with Gasteiger partial charge in [0.05, 0.1) is 13.0 Å². The van der Waals surface area contributed by atoms with Crippen LogP contribution in [-0.2, 0) is 9.53 Å². The number of methoxy groups -OCH3 is 1. The zero-order valence-electron chi connectivity index (χ0n) is 10.8. The molecule has 1 saturated heterocycles. The number of carbonyl (C=O) groups excluding carboxylic acids is 1. The minimum atomic E-state index is -0.131. The number of nitrogens with one attached hydrogen (secondary N) is 1. The molecule has 3 atom stereocenters. The molecule has 0 amide bonds. The summed E-state index contributed by atoms with van der Waals surface area (Å²) in [7, 11) is 3.61. The molecular weight excluding hydrogens is 204 g/mol. The Morgan fingerprint density at radius 2 is 2.31 bits per heavy atom. The number of piperidine rings is 1. The van der Waals surface area contributed by atoms with Gasteiger partial charge in [-0.3, -0.25) is 4.79 Å². The van der Waals surface area contributed by atoms with Crippen LogP contribution in [0.25, 0.3) is 0 Å². The first-order valence-corrected chi connectivity index (χ1v) is 6.06. The maximum Gasteiger partial charge on any atom is 0.309 e. The maximum atomic E-state index is 11.2. The monoisotopic (exact) mass is 228 g/mol. The molecule has 4 nitrogen and oxygen atoms in total. The first-order chi connectivity index (χ1) is 7.54. The highest BCUT2D eigenvalue weighted by Crippen LogP contribution is 2.15. The molecule has 1 rings (SSSR count). The highest BCUT2D eigenvalue weighted by molar-refractivity contribution is 5.72. The van der Waals surface area contributed by atoms with E-state index >= 15 is 0 Å². The third-order valence-corrected chi connectivity index (χ3v) is 3.52. The number of hydrogen-bond acceptors (Lipinski definition) is 4. The molecule has 0 bridgehead atoms. The summed E-state index contributed by atoms with van der Waals surface area (Å²) in [5.41, 5.74) is 0. The van der Waals surface area contributed by atoms with E-state index in [2.05, 4.69) is 24.2 Å². The molecule has 4 heteroatoms. The summed E-state index contributed by atoms with van der Waals surface area (Å²) in [6, 6.07) is 1.16. The number of nitrogens with zero attached hydrogens (tertiary/aromatic N) is 1. The van der Waals surface area contributed by atoms with Crippen molar-refractivity contribution in [3.8, 4) is 0 Å². The van der Waals surface area contributed by atoms with Gasteiger partial charge < -0.3 is 15.0 Å². The van der Waals surface area contributed by atoms with E-state index in [9.17, 15) is 4.79 Å². The maximum absolute atomic E-state index is 11.2. The van der Waals surface area contributed by atoms with Crippen LogP contribution in [0.3, 0.4) is 0 Å². The molecule has 0 radical (unpaired) electrons. The van der Waals surface area contributed by atoms with Crippen LogP contribution in [0.5, 0.6) is 0 Å². The van der Waals surface area contributed by atoms with E-state index in [4.69, 9.17) is 4.74 Å². The van der Waals surface area contributed by atoms with Gasteiger partial charge in [0.25, 0.3) is 0 Å². The van der Waals surface area contributed by atoms with Gasteiger partial charge in [0.1, 0.15) is 0 Å². The average Bonchev–Trinajstić information content (AvgIpc) is 2.29. The first kappa shape index (κ1) is 13.5. The Hall–Kier alpha value is -0.610. The van der Waals surface area contributed by atoms with Gasteiger partial charge >= 0.3 is 5.97 Å². The number of rotatable bonds is 4. The SMILES string of the molecule is COC(=O)C(C)CNC1CCN(C)C(C)C1. The van der Waals surface area contributed by atoms with E-state index in [1.54, 1.807) is 0 Å². The quantitative estimate of drug-likeness (QED) is 0.725. The Bertz CT molecular complexity index is 233. The second-order valence-corrected chi connectivity index (χ2v) is 4.88. The fraction of sp³-hybridized carbons (Fsp3) is 0.917. The van der Waals surface area contributed by atoms with Crippen molar-refractivity contribution in [2.24, 2.45) is 5.92 Å². The molecule has 0 aromatic rings. The minimum absolute atomic E-state index is 0.0556. The van der Waals surface area contributed by atoms with E-state index in [-0.39, 0.29) is 11.9 Å². The molecule has 0 saturated carbocycles. The average molecular weight is 228 g/mol. The lowest BCUT2D eigenvalue weighted by atomic mass is 9.98. The van der Waals surface area contributed by atoms with Crippen LogP contribution in [0.1, 0.15) is 26.7 Å². The van der Waals surface area contributed by atoms with Crippen molar-refractivity contribution in [1.29, 1.82) is 0 Å². The van der Waals surface area contributed by atoms with Gasteiger partial charge in [-0.25, -0.2) is 0 Å². The predicted molar refractivity (Wildman–Crippen MR) is 64.3 cm³/mol. The van der Waals surface area contributed by atoms with E-state index in [0.29, 0.717) is 18.6 Å². The topological polar surface area (TPSA) is 41.6 Å². The summed E-state index contributed by atoms with van der Waals surface area (Å²) in [4.78, 5) is 13.6. The molecule has 3 unspecified atom stereocenters. The van der Waals surface area contributed by atoms with Crippen LogP contribution in [0.2, 0.25) is 0 Å². The third-order valence-electron chi connectivity index (χ3n) is 3.52. The number of carbonyl (C=O) groups is 1. The van der Waals surface area contributed by atoms with E-state index in [1.807, 2.05) is 6.92 Å². The van der Waals surface area contributed by atoms with Crippen LogP contribution in [0.4, 0.5) is 0 Å². The van der Waals surface area contributed by atoms with Crippen LogP contribution < -0.4 is 5.32 Å². The normalized spacial score (nSPS) is 28.8. The molecule has 0 spiro atoms. The fourth-order valence-corrected chi connectivity index (χ4v) is 2.10. The second kappa shape index (κ2) is 6.21. The summed E-state index contributed by atoms with van der Waals surface area (Å²) >= 11 is 0. The summed E-state index contributed by atoms with van der Waals surface area (Å²) in [6.07, 6.45) is 2.32. The van der Waals surface area contributed by atoms with Crippen LogP contribution >= 0.6 is 0 Å². The van der Waals surface area contributed by atoms with Crippen molar-refractivity contribution in [3.63, 3.8) is 0 Å². The van der Waals surface area contributed by atoms with Crippen LogP contribution in [0, 0.1) is 5.92 Å². The number of esters is 1. The smallest absolute Gasteiger partial charge is 0.309 e. The fourth-order valence-electron chi connectivity index (χ4n) is 2.10. The highest BCUT2D eigenvalue weighted by atomic mass is 16.5. The first-order valence-electron chi connectivity index (χ1n) is 6.06. The molecule has 1 heterocycles. The summed E-state index contributed by atoms with van der Waals surface area (Å²) in [5.74, 6) is -0.187. The largest absolute Gasteiger partial charge is 0.469 e. The number of hydrogen-bond donors (Lipinski definition) is 1. The van der Waals surface area contributed by atoms with Crippen molar-refractivity contribution in [2.45, 2.75) is 38.8 Å². The summed E-state index contributed by atoms with van der Waals surface area (Å²) < 4.78 is 4.70. The number of ether oxygens (including phenoxy) is 1. The van der Waals surface area contributed by atoms with Crippen molar-refractivity contribution in [3.05, 3.63) is 0 Å². The summed E-state index contributed by atoms with van der Waals surface area (Å²) in [6.45, 7) is 5.99.